The third-order valence-electron chi connectivity index (χ3n) is 9.22. The van der Waals surface area contributed by atoms with Crippen molar-refractivity contribution in [3.63, 3.8) is 0 Å². The number of methoxy groups -OCH3 is 2. The summed E-state index contributed by atoms with van der Waals surface area (Å²) in [6, 6.07) is 39.9. The molecule has 0 heterocycles. The minimum absolute atomic E-state index is 0.00503. The fourth-order valence-corrected chi connectivity index (χ4v) is 6.57. The van der Waals surface area contributed by atoms with E-state index in [0.29, 0.717) is 56.6 Å². The van der Waals surface area contributed by atoms with Gasteiger partial charge in [0, 0.05) is 61.1 Å². The summed E-state index contributed by atoms with van der Waals surface area (Å²) in [5.74, 6) is -3.67. The molecule has 13 heteroatoms. The number of ether oxygens (including phenoxy) is 4. The molecule has 0 amide bonds. The molecule has 2 unspecified atom stereocenters. The van der Waals surface area contributed by atoms with Crippen molar-refractivity contribution in [3.8, 4) is 23.0 Å². The van der Waals surface area contributed by atoms with E-state index in [4.69, 9.17) is 42.1 Å². The molecule has 2 atom stereocenters. The van der Waals surface area contributed by atoms with Crippen molar-refractivity contribution in [2.75, 3.05) is 27.4 Å². The van der Waals surface area contributed by atoms with Crippen molar-refractivity contribution >= 4 is 39.1 Å². The van der Waals surface area contributed by atoms with Gasteiger partial charge in [0.25, 0.3) is 0 Å². The highest BCUT2D eigenvalue weighted by atomic mass is 79.9. The Morgan fingerprint density at radius 1 is 0.587 bits per heavy atom. The molecule has 0 aliphatic carbocycles. The SMILES string of the molecule is COCCC(/C(F)=C(\F)Cc1ccc(F)c(Oc2ccccc2)c1)c1ccc(Cl)cc1.COCCC(/C(F)=C\F)c1ccc(Cl)cc1.Fc1ccc(CBr)cc1Oc1ccccc1. The van der Waals surface area contributed by atoms with Crippen LogP contribution in [0.2, 0.25) is 10.0 Å². The first-order valence-corrected chi connectivity index (χ1v) is 21.4. The Balaban J connectivity index is 0.000000229. The van der Waals surface area contributed by atoms with E-state index in [2.05, 4.69) is 15.9 Å². The van der Waals surface area contributed by atoms with E-state index in [1.165, 1.54) is 38.5 Å². The highest BCUT2D eigenvalue weighted by molar-refractivity contribution is 9.08. The molecule has 0 saturated carbocycles. The lowest BCUT2D eigenvalue weighted by molar-refractivity contribution is 0.187. The fourth-order valence-electron chi connectivity index (χ4n) is 5.97. The van der Waals surface area contributed by atoms with Crippen LogP contribution in [0.4, 0.5) is 26.3 Å². The Labute approximate surface area is 382 Å². The Morgan fingerprint density at radius 3 is 1.46 bits per heavy atom. The highest BCUT2D eigenvalue weighted by Crippen LogP contribution is 2.35. The van der Waals surface area contributed by atoms with E-state index >= 15 is 4.39 Å². The van der Waals surface area contributed by atoms with Gasteiger partial charge in [-0.2, -0.15) is 0 Å². The van der Waals surface area contributed by atoms with Crippen molar-refractivity contribution < 1.29 is 45.3 Å². The molecule has 0 aliphatic rings. The van der Waals surface area contributed by atoms with Crippen LogP contribution in [0.3, 0.4) is 0 Å². The Morgan fingerprint density at radius 2 is 1.02 bits per heavy atom. The number of benzene rings is 6. The standard InChI is InChI=1S/C25H22ClF3O2.C13H10BrFO.C12H13ClF2O/c1-30-14-13-21(18-8-10-19(26)11-9-18)25(29)23(28)15-17-7-12-22(27)24(16-17)31-20-5-3-2-4-6-20;14-9-10-6-7-12(15)13(8-10)16-11-4-2-1-3-5-11;1-16-7-6-11(12(15)8-14)9-2-4-10(13)5-3-9/h2-12,16,21H,13-15H2,1H3;1-8H,9H2;2-5,8,11H,6-7H2,1H3/b25-23+;;12-8+. The van der Waals surface area contributed by atoms with E-state index in [9.17, 15) is 22.0 Å². The second-order valence-corrected chi connectivity index (χ2v) is 15.1. The molecule has 0 N–H and O–H groups in total. The van der Waals surface area contributed by atoms with Crippen molar-refractivity contribution in [1.82, 2.24) is 0 Å². The van der Waals surface area contributed by atoms with Crippen LogP contribution >= 0.6 is 39.1 Å². The van der Waals surface area contributed by atoms with Gasteiger partial charge in [-0.15, -0.1) is 0 Å². The largest absolute Gasteiger partial charge is 0.454 e. The van der Waals surface area contributed by atoms with Crippen LogP contribution in [0.1, 0.15) is 46.9 Å². The normalized spacial score (nSPS) is 12.5. The third-order valence-corrected chi connectivity index (χ3v) is 10.4. The molecule has 0 aromatic heterocycles. The van der Waals surface area contributed by atoms with Crippen LogP contribution < -0.4 is 9.47 Å². The van der Waals surface area contributed by atoms with Crippen LogP contribution in [0.25, 0.3) is 0 Å². The van der Waals surface area contributed by atoms with E-state index in [-0.39, 0.29) is 43.1 Å². The van der Waals surface area contributed by atoms with Crippen molar-refractivity contribution in [2.45, 2.75) is 36.4 Å². The number of rotatable bonds is 17. The number of alkyl halides is 1. The van der Waals surface area contributed by atoms with Gasteiger partial charge in [-0.3, -0.25) is 0 Å². The lowest BCUT2D eigenvalue weighted by Gasteiger charge is -2.17. The average molecular weight is 975 g/mol. The average Bonchev–Trinajstić information content (AvgIpc) is 3.30. The molecule has 4 nitrogen and oxygen atoms in total. The maximum atomic E-state index is 15.1. The van der Waals surface area contributed by atoms with Gasteiger partial charge in [0.1, 0.15) is 35.3 Å². The molecule has 6 rings (SSSR count). The predicted octanol–water partition coefficient (Wildman–Crippen LogP) is 16.5. The first-order valence-electron chi connectivity index (χ1n) is 19.5. The first kappa shape index (κ1) is 50.6. The number of allylic oxidation sites excluding steroid dienone is 3. The summed E-state index contributed by atoms with van der Waals surface area (Å²) in [4.78, 5) is 0. The number of halogens is 9. The smallest absolute Gasteiger partial charge is 0.165 e. The lowest BCUT2D eigenvalue weighted by Crippen LogP contribution is -2.06. The second kappa shape index (κ2) is 27.2. The molecular formula is C50H45BrCl2F6O4. The second-order valence-electron chi connectivity index (χ2n) is 13.7. The van der Waals surface area contributed by atoms with E-state index in [0.717, 1.165) is 5.56 Å². The minimum Gasteiger partial charge on any atom is -0.454 e. The molecule has 0 bridgehead atoms. The molecule has 0 radical (unpaired) electrons. The maximum Gasteiger partial charge on any atom is 0.165 e. The Bertz CT molecular complexity index is 2330. The Hall–Kier alpha value is -5.04. The van der Waals surface area contributed by atoms with Crippen molar-refractivity contribution in [3.05, 3.63) is 213 Å². The molecule has 332 valence electrons. The monoisotopic (exact) mass is 972 g/mol. The van der Waals surface area contributed by atoms with Crippen LogP contribution in [0.5, 0.6) is 23.0 Å². The highest BCUT2D eigenvalue weighted by Gasteiger charge is 2.22. The van der Waals surface area contributed by atoms with Crippen LogP contribution in [-0.4, -0.2) is 27.4 Å². The molecule has 0 aliphatic heterocycles. The summed E-state index contributed by atoms with van der Waals surface area (Å²) < 4.78 is 104. The number of para-hydroxylation sites is 2. The van der Waals surface area contributed by atoms with Gasteiger partial charge < -0.3 is 18.9 Å². The molecule has 6 aromatic rings. The molecular weight excluding hydrogens is 929 g/mol. The fraction of sp³-hybridized carbons (Fsp3) is 0.200. The van der Waals surface area contributed by atoms with Crippen LogP contribution in [-0.2, 0) is 21.2 Å². The van der Waals surface area contributed by atoms with Crippen molar-refractivity contribution in [2.24, 2.45) is 0 Å². The van der Waals surface area contributed by atoms with E-state index < -0.39 is 35.1 Å². The lowest BCUT2D eigenvalue weighted by atomic mass is 9.93. The molecule has 0 fully saturated rings. The zero-order valence-corrected chi connectivity index (χ0v) is 37.5. The summed E-state index contributed by atoms with van der Waals surface area (Å²) in [5.41, 5.74) is 2.66. The van der Waals surface area contributed by atoms with Crippen LogP contribution in [0.15, 0.2) is 169 Å². The van der Waals surface area contributed by atoms with E-state index in [1.807, 2.05) is 24.3 Å². The molecule has 63 heavy (non-hydrogen) atoms. The topological polar surface area (TPSA) is 36.9 Å². The van der Waals surface area contributed by atoms with Gasteiger partial charge in [-0.25, -0.2) is 26.3 Å². The summed E-state index contributed by atoms with van der Waals surface area (Å²) in [6.45, 7) is 0.633. The van der Waals surface area contributed by atoms with Gasteiger partial charge >= 0.3 is 0 Å². The third kappa shape index (κ3) is 16.9. The predicted molar refractivity (Wildman–Crippen MR) is 243 cm³/mol. The summed E-state index contributed by atoms with van der Waals surface area (Å²) in [6.07, 6.45) is 0.330. The zero-order valence-electron chi connectivity index (χ0n) is 34.4. The quantitative estimate of drug-likeness (QED) is 0.0674. The summed E-state index contributed by atoms with van der Waals surface area (Å²) >= 11 is 15.0. The van der Waals surface area contributed by atoms with E-state index in [1.54, 1.807) is 97.1 Å². The molecule has 0 spiro atoms. The van der Waals surface area contributed by atoms with Gasteiger partial charge in [-0.1, -0.05) is 112 Å². The van der Waals surface area contributed by atoms with Crippen LogP contribution in [0, 0.1) is 11.6 Å². The Kier molecular flexibility index (Phi) is 21.9. The zero-order chi connectivity index (χ0) is 45.6. The van der Waals surface area contributed by atoms with Gasteiger partial charge in [0.2, 0.25) is 0 Å². The molecule has 0 saturated heterocycles. The van der Waals surface area contributed by atoms with Gasteiger partial charge in [-0.05, 0) is 108 Å². The summed E-state index contributed by atoms with van der Waals surface area (Å²) in [5, 5.41) is 1.76. The van der Waals surface area contributed by atoms with Gasteiger partial charge in [0.15, 0.2) is 23.1 Å². The van der Waals surface area contributed by atoms with Gasteiger partial charge in [0.05, 0.1) is 0 Å². The number of hydrogen-bond acceptors (Lipinski definition) is 4. The maximum absolute atomic E-state index is 15.1. The minimum atomic E-state index is -0.923. The summed E-state index contributed by atoms with van der Waals surface area (Å²) in [7, 11) is 3.03. The number of hydrogen-bond donors (Lipinski definition) is 0. The first-order chi connectivity index (χ1) is 30.5. The van der Waals surface area contributed by atoms with Crippen molar-refractivity contribution in [1.29, 1.82) is 0 Å². The molecule has 6 aromatic carbocycles.